The smallest absolute Gasteiger partial charge is 0.177 e. The van der Waals surface area contributed by atoms with Gasteiger partial charge >= 0.3 is 0 Å². The Bertz CT molecular complexity index is 1500. The molecule has 3 aliphatic heterocycles. The third-order valence-corrected chi connectivity index (χ3v) is 8.74. The van der Waals surface area contributed by atoms with Crippen LogP contribution >= 0.6 is 0 Å². The first kappa shape index (κ1) is 25.5. The van der Waals surface area contributed by atoms with Crippen molar-refractivity contribution in [2.24, 2.45) is 5.92 Å². The fraction of sp³-hybridized carbons (Fsp3) is 0.353. The number of benzene rings is 3. The van der Waals surface area contributed by atoms with Crippen molar-refractivity contribution < 1.29 is 18.6 Å². The molecule has 0 saturated carbocycles. The number of fused-ring (bicyclic) bond motifs is 3. The van der Waals surface area contributed by atoms with Crippen LogP contribution in [0.3, 0.4) is 0 Å². The molecule has 0 radical (unpaired) electrons. The fourth-order valence-corrected chi connectivity index (χ4v) is 6.67. The Balaban J connectivity index is 1.34. The molecular formula is C34H35FN2O3. The maximum Gasteiger partial charge on any atom is 0.177 e. The lowest BCUT2D eigenvalue weighted by molar-refractivity contribution is 0.0189. The number of hydrogen-bond donors (Lipinski definition) is 0. The van der Waals surface area contributed by atoms with Gasteiger partial charge in [-0.15, -0.1) is 0 Å². The number of anilines is 1. The van der Waals surface area contributed by atoms with Gasteiger partial charge in [0.15, 0.2) is 5.60 Å². The van der Waals surface area contributed by atoms with E-state index in [0.717, 1.165) is 72.9 Å². The van der Waals surface area contributed by atoms with Crippen molar-refractivity contribution in [1.29, 1.82) is 0 Å². The summed E-state index contributed by atoms with van der Waals surface area (Å²) in [5, 5.41) is 2.35. The average Bonchev–Trinajstić information content (AvgIpc) is 3.01. The van der Waals surface area contributed by atoms with Gasteiger partial charge in [-0.25, -0.2) is 4.39 Å². The second-order valence-electron chi connectivity index (χ2n) is 11.1. The number of rotatable bonds is 4. The van der Waals surface area contributed by atoms with Crippen molar-refractivity contribution in [2.45, 2.75) is 18.6 Å². The number of ether oxygens (including phenoxy) is 3. The van der Waals surface area contributed by atoms with Crippen LogP contribution in [-0.4, -0.2) is 63.5 Å². The average molecular weight is 539 g/mol. The van der Waals surface area contributed by atoms with Crippen molar-refractivity contribution in [3.8, 4) is 5.75 Å². The lowest BCUT2D eigenvalue weighted by Crippen LogP contribution is -2.46. The summed E-state index contributed by atoms with van der Waals surface area (Å²) < 4.78 is 33.0. The molecule has 3 unspecified atom stereocenters. The Morgan fingerprint density at radius 2 is 1.60 bits per heavy atom. The topological polar surface area (TPSA) is 34.2 Å². The van der Waals surface area contributed by atoms with E-state index in [0.29, 0.717) is 19.3 Å². The summed E-state index contributed by atoms with van der Waals surface area (Å²) in [5.41, 5.74) is 3.07. The van der Waals surface area contributed by atoms with Gasteiger partial charge in [0, 0.05) is 66.1 Å². The van der Waals surface area contributed by atoms with Crippen LogP contribution in [-0.2, 0) is 15.1 Å². The molecule has 1 aliphatic carbocycles. The van der Waals surface area contributed by atoms with Crippen LogP contribution in [0.4, 0.5) is 10.1 Å². The summed E-state index contributed by atoms with van der Waals surface area (Å²) in [6.07, 6.45) is 11.1. The molecule has 3 aromatic carbocycles. The van der Waals surface area contributed by atoms with Crippen molar-refractivity contribution >= 4 is 22.5 Å². The molecule has 3 aromatic rings. The zero-order valence-corrected chi connectivity index (χ0v) is 22.9. The van der Waals surface area contributed by atoms with E-state index < -0.39 is 5.60 Å². The standard InChI is InChI=1S/C34H35FN2O3/c1-24-21-26(9-10-31(24)36-13-17-38-18-14-36)34(25-5-4-6-27(35)22-25)12-11-30-28-7-2-3-8-29(28)32(23-33(30)40-34)37-15-19-39-20-16-37/h2-12,21-24,31H,13-20H2,1H3. The zero-order valence-electron chi connectivity index (χ0n) is 22.9. The normalized spacial score (nSPS) is 26.9. The van der Waals surface area contributed by atoms with E-state index in [1.807, 2.05) is 6.07 Å². The van der Waals surface area contributed by atoms with Crippen molar-refractivity contribution in [1.82, 2.24) is 4.90 Å². The van der Waals surface area contributed by atoms with Gasteiger partial charge in [-0.2, -0.15) is 0 Å². The van der Waals surface area contributed by atoms with Gasteiger partial charge in [-0.3, -0.25) is 4.90 Å². The first-order valence-corrected chi connectivity index (χ1v) is 14.4. The second-order valence-corrected chi connectivity index (χ2v) is 11.1. The minimum Gasteiger partial charge on any atom is -0.473 e. The van der Waals surface area contributed by atoms with E-state index >= 15 is 0 Å². The molecule has 6 heteroatoms. The Labute approximate surface area is 235 Å². The fourth-order valence-electron chi connectivity index (χ4n) is 6.67. The van der Waals surface area contributed by atoms with E-state index in [1.54, 1.807) is 12.1 Å². The van der Waals surface area contributed by atoms with Crippen LogP contribution in [0.25, 0.3) is 16.8 Å². The maximum absolute atomic E-state index is 14.7. The Kier molecular flexibility index (Phi) is 6.70. The highest BCUT2D eigenvalue weighted by molar-refractivity contribution is 6.02. The van der Waals surface area contributed by atoms with Crippen LogP contribution in [0.5, 0.6) is 5.75 Å². The summed E-state index contributed by atoms with van der Waals surface area (Å²) >= 11 is 0. The molecule has 0 N–H and O–H groups in total. The molecule has 0 spiro atoms. The molecule has 0 bridgehead atoms. The molecule has 5 nitrogen and oxygen atoms in total. The lowest BCUT2D eigenvalue weighted by Gasteiger charge is -2.42. The first-order valence-electron chi connectivity index (χ1n) is 14.4. The molecule has 0 aromatic heterocycles. The largest absolute Gasteiger partial charge is 0.473 e. The van der Waals surface area contributed by atoms with Crippen LogP contribution in [0.2, 0.25) is 0 Å². The molecule has 40 heavy (non-hydrogen) atoms. The number of halogens is 1. The van der Waals surface area contributed by atoms with Crippen molar-refractivity contribution in [3.63, 3.8) is 0 Å². The highest BCUT2D eigenvalue weighted by atomic mass is 19.1. The molecule has 4 aliphatic rings. The highest BCUT2D eigenvalue weighted by Crippen LogP contribution is 2.48. The second kappa shape index (κ2) is 10.5. The van der Waals surface area contributed by atoms with Gasteiger partial charge in [-0.05, 0) is 35.6 Å². The summed E-state index contributed by atoms with van der Waals surface area (Å²) in [5.74, 6) is 0.804. The molecule has 2 fully saturated rings. The summed E-state index contributed by atoms with van der Waals surface area (Å²) in [4.78, 5) is 4.87. The molecule has 3 atom stereocenters. The van der Waals surface area contributed by atoms with Gasteiger partial charge in [0.05, 0.1) is 26.4 Å². The van der Waals surface area contributed by atoms with Crippen molar-refractivity contribution in [3.05, 3.63) is 101 Å². The molecule has 0 amide bonds. The first-order chi connectivity index (χ1) is 19.6. The monoisotopic (exact) mass is 538 g/mol. The number of morpholine rings is 2. The van der Waals surface area contributed by atoms with E-state index in [9.17, 15) is 4.39 Å². The minimum atomic E-state index is -0.944. The SMILES string of the molecule is CC1C=C(C2(c3cccc(F)c3)C=Cc3c(cc(N4CCOCC4)c4ccccc34)O2)C=CC1N1CCOCC1. The van der Waals surface area contributed by atoms with Gasteiger partial charge in [-0.1, -0.05) is 61.5 Å². The predicted molar refractivity (Wildman–Crippen MR) is 157 cm³/mol. The van der Waals surface area contributed by atoms with Crippen molar-refractivity contribution in [2.75, 3.05) is 57.5 Å². The third-order valence-electron chi connectivity index (χ3n) is 8.74. The van der Waals surface area contributed by atoms with Crippen LogP contribution in [0.15, 0.2) is 84.5 Å². The molecule has 2 saturated heterocycles. The Hall–Kier alpha value is -3.45. The highest BCUT2D eigenvalue weighted by Gasteiger charge is 2.41. The number of hydrogen-bond acceptors (Lipinski definition) is 5. The molecule has 7 rings (SSSR count). The van der Waals surface area contributed by atoms with E-state index in [1.165, 1.54) is 11.5 Å². The Morgan fingerprint density at radius 1 is 0.850 bits per heavy atom. The van der Waals surface area contributed by atoms with Gasteiger partial charge in [0.2, 0.25) is 0 Å². The van der Waals surface area contributed by atoms with Gasteiger partial charge in [0.1, 0.15) is 11.6 Å². The van der Waals surface area contributed by atoms with Gasteiger partial charge in [0.25, 0.3) is 0 Å². The Morgan fingerprint density at radius 3 is 2.35 bits per heavy atom. The van der Waals surface area contributed by atoms with Crippen LogP contribution in [0, 0.1) is 11.7 Å². The number of nitrogens with zero attached hydrogens (tertiary/aromatic N) is 2. The quantitative estimate of drug-likeness (QED) is 0.410. The summed E-state index contributed by atoms with van der Waals surface area (Å²) in [6.45, 7) is 8.74. The molecule has 206 valence electrons. The minimum absolute atomic E-state index is 0.266. The summed E-state index contributed by atoms with van der Waals surface area (Å²) in [6, 6.07) is 17.8. The summed E-state index contributed by atoms with van der Waals surface area (Å²) in [7, 11) is 0. The van der Waals surface area contributed by atoms with E-state index in [4.69, 9.17) is 14.2 Å². The van der Waals surface area contributed by atoms with E-state index in [-0.39, 0.29) is 11.7 Å². The lowest BCUT2D eigenvalue weighted by atomic mass is 9.78. The molecule has 3 heterocycles. The van der Waals surface area contributed by atoms with Crippen LogP contribution in [0.1, 0.15) is 18.1 Å². The van der Waals surface area contributed by atoms with Crippen LogP contribution < -0.4 is 9.64 Å². The zero-order chi connectivity index (χ0) is 27.1. The maximum atomic E-state index is 14.7. The molecular weight excluding hydrogens is 503 g/mol. The predicted octanol–water partition coefficient (Wildman–Crippen LogP) is 5.95. The van der Waals surface area contributed by atoms with Gasteiger partial charge < -0.3 is 19.1 Å². The van der Waals surface area contributed by atoms with E-state index in [2.05, 4.69) is 77.4 Å². The third kappa shape index (κ3) is 4.44.